The van der Waals surface area contributed by atoms with Crippen molar-refractivity contribution in [1.29, 1.82) is 0 Å². The summed E-state index contributed by atoms with van der Waals surface area (Å²) in [7, 11) is 0.733. The highest BCUT2D eigenvalue weighted by Crippen LogP contribution is 1.83. The monoisotopic (exact) mass is 196 g/mol. The molecule has 0 saturated carbocycles. The molecular weight excluding hydrogens is 184 g/mol. The lowest BCUT2D eigenvalue weighted by Gasteiger charge is -2.17. The molecule has 1 heterocycles. The van der Waals surface area contributed by atoms with Gasteiger partial charge in [-0.3, -0.25) is 0 Å². The second-order valence-electron chi connectivity index (χ2n) is 2.17. The summed E-state index contributed by atoms with van der Waals surface area (Å²) in [4.78, 5) is 0. The zero-order valence-electron chi connectivity index (χ0n) is 4.97. The van der Waals surface area contributed by atoms with E-state index in [1.165, 1.54) is 0 Å². The van der Waals surface area contributed by atoms with Crippen LogP contribution in [0.4, 0.5) is 0 Å². The van der Waals surface area contributed by atoms with E-state index < -0.39 is 8.56 Å². The molecule has 1 rings (SSSR count). The Bertz CT molecular complexity index is 61.4. The van der Waals surface area contributed by atoms with Crippen molar-refractivity contribution in [1.82, 2.24) is 0 Å². The molecule has 7 heteroatoms. The Morgan fingerprint density at radius 1 is 1.50 bits per heavy atom. The molecule has 0 aromatic rings. The maximum absolute atomic E-state index is 8.72. The molecule has 0 amide bonds. The minimum Gasteiger partial charge on any atom is -0.467 e. The molecule has 1 N–H and O–H groups in total. The fourth-order valence-electron chi connectivity index (χ4n) is 0.951. The van der Waals surface area contributed by atoms with Gasteiger partial charge in [0.1, 0.15) is 9.28 Å². The van der Waals surface area contributed by atoms with Crippen LogP contribution in [-0.4, -0.2) is 54.8 Å². The van der Waals surface area contributed by atoms with Crippen LogP contribution >= 0.6 is 0 Å². The number of aliphatic hydroxyl groups excluding tert-OH is 1. The van der Waals surface area contributed by atoms with Crippen LogP contribution in [0.2, 0.25) is 0 Å². The summed E-state index contributed by atoms with van der Waals surface area (Å²) >= 11 is 0. The maximum atomic E-state index is 8.72. The van der Waals surface area contributed by atoms with Gasteiger partial charge in [-0.15, -0.1) is 0 Å². The molecule has 0 bridgehead atoms. The van der Waals surface area contributed by atoms with Gasteiger partial charge in [0.25, 0.3) is 0 Å². The van der Waals surface area contributed by atoms with Crippen LogP contribution in [0.15, 0.2) is 0 Å². The Kier molecular flexibility index (Phi) is 3.49. The fraction of sp³-hybridized carbons (Fsp3) is 1.00. The highest BCUT2D eigenvalue weighted by Gasteiger charge is 2.14. The van der Waals surface area contributed by atoms with Crippen molar-refractivity contribution >= 4 is 43.5 Å². The van der Waals surface area contributed by atoms with Gasteiger partial charge in [-0.1, -0.05) is 0 Å². The zero-order valence-corrected chi connectivity index (χ0v) is 11.8. The third-order valence-corrected chi connectivity index (χ3v) is 58.2. The third kappa shape index (κ3) is 2.09. The lowest BCUT2D eigenvalue weighted by Crippen LogP contribution is -2.46. The SMILES string of the molecule is OC[SiH]1O[SiH2][SiH2][SiH2][SiH2]1. The minimum absolute atomic E-state index is 0.0871. The van der Waals surface area contributed by atoms with Crippen molar-refractivity contribution in [2.24, 2.45) is 0 Å². The summed E-state index contributed by atoms with van der Waals surface area (Å²) in [6.07, 6.45) is 0.487. The first kappa shape index (κ1) is 7.12. The normalized spacial score (nSPS) is 42.4. The summed E-state index contributed by atoms with van der Waals surface area (Å²) in [6, 6.07) is 0. The molecule has 48 valence electrons. The predicted molar refractivity (Wildman–Crippen MR) is 49.5 cm³/mol. The second kappa shape index (κ2) is 3.92. The summed E-state index contributed by atoms with van der Waals surface area (Å²) < 4.78 is 5.61. The van der Waals surface area contributed by atoms with E-state index in [9.17, 15) is 0 Å². The molecule has 0 aromatic carbocycles. The Morgan fingerprint density at radius 2 is 2.38 bits per heavy atom. The summed E-state index contributed by atoms with van der Waals surface area (Å²) in [5.74, 6) is 0. The first-order valence-corrected chi connectivity index (χ1v) is 20.3. The number of aliphatic hydroxyl groups is 1. The van der Waals surface area contributed by atoms with E-state index in [0.717, 1.165) is 0 Å². The van der Waals surface area contributed by atoms with Crippen molar-refractivity contribution in [2.75, 3.05) is 6.23 Å². The Labute approximate surface area is 59.3 Å². The molecule has 0 radical (unpaired) electrons. The van der Waals surface area contributed by atoms with Crippen molar-refractivity contribution in [3.05, 3.63) is 0 Å². The summed E-state index contributed by atoms with van der Waals surface area (Å²) in [6.45, 7) is 0. The Morgan fingerprint density at radius 3 is 2.75 bits per heavy atom. The van der Waals surface area contributed by atoms with Gasteiger partial charge in [-0.05, 0) is 8.55 Å². The zero-order chi connectivity index (χ0) is 5.82. The standard InChI is InChI=1S/CH12O2Si5/c2-1-8-3-4-5-6-7-8/h2,8H,1,4-7H2. The lowest BCUT2D eigenvalue weighted by molar-refractivity contribution is 0.349. The van der Waals surface area contributed by atoms with Crippen LogP contribution in [0.1, 0.15) is 0 Å². The van der Waals surface area contributed by atoms with Gasteiger partial charge in [0.2, 0.25) is 0 Å². The van der Waals surface area contributed by atoms with Gasteiger partial charge >= 0.3 is 0 Å². The van der Waals surface area contributed by atoms with Gasteiger partial charge in [-0.25, -0.2) is 0 Å². The van der Waals surface area contributed by atoms with Gasteiger partial charge in [0, 0.05) is 17.1 Å². The average Bonchev–Trinajstić information content (AvgIpc) is 1.90. The number of hydrogen-bond donors (Lipinski definition) is 1. The minimum atomic E-state index is -0.753. The Hall–Kier alpha value is 1.00. The average molecular weight is 197 g/mol. The molecule has 1 atom stereocenters. The van der Waals surface area contributed by atoms with Gasteiger partial charge in [0.05, 0.1) is 6.23 Å². The maximum Gasteiger partial charge on any atom is 0.164 e. The van der Waals surface area contributed by atoms with E-state index in [-0.39, 0.29) is 9.28 Å². The molecule has 1 aliphatic rings. The molecule has 8 heavy (non-hydrogen) atoms. The summed E-state index contributed by atoms with van der Waals surface area (Å²) in [5, 5.41) is 8.72. The molecule has 0 aliphatic carbocycles. The smallest absolute Gasteiger partial charge is 0.164 e. The van der Waals surface area contributed by atoms with Crippen LogP contribution < -0.4 is 0 Å². The molecule has 1 unspecified atom stereocenters. The van der Waals surface area contributed by atoms with Crippen molar-refractivity contribution in [3.63, 3.8) is 0 Å². The highest BCUT2D eigenvalue weighted by atomic mass is 29.9. The topological polar surface area (TPSA) is 29.5 Å². The lowest BCUT2D eigenvalue weighted by atomic mass is 11.7. The van der Waals surface area contributed by atoms with E-state index in [4.69, 9.17) is 9.22 Å². The van der Waals surface area contributed by atoms with E-state index in [0.29, 0.717) is 31.9 Å². The molecule has 0 spiro atoms. The van der Waals surface area contributed by atoms with E-state index in [2.05, 4.69) is 0 Å². The van der Waals surface area contributed by atoms with Crippen LogP contribution in [0.25, 0.3) is 0 Å². The van der Waals surface area contributed by atoms with E-state index in [1.807, 2.05) is 0 Å². The molecule has 1 aliphatic heterocycles. The second-order valence-corrected chi connectivity index (χ2v) is 35.4. The van der Waals surface area contributed by atoms with Crippen LogP contribution in [0, 0.1) is 0 Å². The fourth-order valence-corrected chi connectivity index (χ4v) is 87.2. The Balaban J connectivity index is 2.13. The largest absolute Gasteiger partial charge is 0.467 e. The summed E-state index contributed by atoms with van der Waals surface area (Å²) in [5.41, 5.74) is 0. The van der Waals surface area contributed by atoms with Crippen molar-refractivity contribution < 1.29 is 9.22 Å². The highest BCUT2D eigenvalue weighted by molar-refractivity contribution is 7.57. The van der Waals surface area contributed by atoms with Crippen molar-refractivity contribution in [2.45, 2.75) is 0 Å². The molecule has 1 fully saturated rings. The molecule has 0 aromatic heterocycles. The van der Waals surface area contributed by atoms with E-state index >= 15 is 0 Å². The van der Waals surface area contributed by atoms with Crippen LogP contribution in [0.3, 0.4) is 0 Å². The van der Waals surface area contributed by atoms with Crippen LogP contribution in [-0.2, 0) is 4.12 Å². The van der Waals surface area contributed by atoms with Gasteiger partial charge < -0.3 is 9.22 Å². The van der Waals surface area contributed by atoms with Gasteiger partial charge in [-0.2, -0.15) is 0 Å². The first-order valence-electron chi connectivity index (χ1n) is 3.16. The first-order chi connectivity index (χ1) is 3.93. The molecular formula is CH12O2Si5. The predicted octanol–water partition coefficient (Wildman–Crippen LogP) is -4.90. The molecule has 1 saturated heterocycles. The van der Waals surface area contributed by atoms with Crippen molar-refractivity contribution in [3.8, 4) is 0 Å². The van der Waals surface area contributed by atoms with Gasteiger partial charge in [0.15, 0.2) is 8.56 Å². The third-order valence-electron chi connectivity index (χ3n) is 1.48. The molecule has 2 nitrogen and oxygen atoms in total. The number of hydrogen-bond acceptors (Lipinski definition) is 2. The van der Waals surface area contributed by atoms with E-state index in [1.54, 1.807) is 0 Å². The van der Waals surface area contributed by atoms with Crippen LogP contribution in [0.5, 0.6) is 0 Å². The quantitative estimate of drug-likeness (QED) is 0.426. The number of rotatable bonds is 1.